The predicted molar refractivity (Wildman–Crippen MR) is 127 cm³/mol. The molecule has 0 N–H and O–H groups in total. The summed E-state index contributed by atoms with van der Waals surface area (Å²) in [6, 6.07) is 7.23. The van der Waals surface area contributed by atoms with Crippen LogP contribution in [0.25, 0.3) is 0 Å². The summed E-state index contributed by atoms with van der Waals surface area (Å²) >= 11 is 0. The molecule has 0 aliphatic rings. The largest absolute Gasteiger partial charge is 0.286 e. The van der Waals surface area contributed by atoms with Crippen LogP contribution >= 0.6 is 0 Å². The van der Waals surface area contributed by atoms with Gasteiger partial charge in [-0.2, -0.15) is 0 Å². The third-order valence-electron chi connectivity index (χ3n) is 7.94. The van der Waals surface area contributed by atoms with E-state index in [1.807, 2.05) is 0 Å². The maximum absolute atomic E-state index is 2.44. The highest BCUT2D eigenvalue weighted by atomic mass is 15.4. The number of hydrogen-bond acceptors (Lipinski definition) is 0. The first-order valence-corrected chi connectivity index (χ1v) is 11.6. The molecule has 1 rings (SSSR count). The van der Waals surface area contributed by atoms with Gasteiger partial charge in [-0.05, 0) is 68.4 Å². The van der Waals surface area contributed by atoms with Crippen molar-refractivity contribution in [3.63, 3.8) is 0 Å². The van der Waals surface area contributed by atoms with Crippen molar-refractivity contribution < 1.29 is 0 Å². The molecule has 0 aliphatic heterocycles. The minimum Gasteiger partial charge on any atom is -0.286 e. The molecule has 3 heteroatoms. The summed E-state index contributed by atoms with van der Waals surface area (Å²) in [5.74, 6) is 0. The third-order valence-corrected chi connectivity index (χ3v) is 7.94. The van der Waals surface area contributed by atoms with Gasteiger partial charge in [-0.15, -0.1) is 0 Å². The number of nitrogens with zero attached hydrogens (tertiary/aromatic N) is 3. The molecule has 0 aliphatic carbocycles. The van der Waals surface area contributed by atoms with Gasteiger partial charge >= 0.3 is 0 Å². The predicted octanol–water partition coefficient (Wildman–Crippen LogP) is 5.79. The lowest BCUT2D eigenvalue weighted by Crippen LogP contribution is -2.57. The first kappa shape index (κ1) is 24.1. The molecule has 0 bridgehead atoms. The summed E-state index contributed by atoms with van der Waals surface area (Å²) in [6.07, 6.45) is 0. The quantitative estimate of drug-likeness (QED) is 0.404. The molecule has 27 heavy (non-hydrogen) atoms. The van der Waals surface area contributed by atoms with Crippen LogP contribution in [0.2, 0.25) is 0 Å². The van der Waals surface area contributed by atoms with Gasteiger partial charge in [0.2, 0.25) is 11.4 Å². The summed E-state index contributed by atoms with van der Waals surface area (Å²) in [4.78, 5) is 0. The Kier molecular flexibility index (Phi) is 8.98. The molecular formula is C24H48N3+3. The molecular weight excluding hydrogens is 330 g/mol. The molecule has 1 aromatic rings. The Morgan fingerprint density at radius 3 is 0.926 bits per heavy atom. The minimum atomic E-state index is 1.08. The molecule has 0 saturated heterocycles. The van der Waals surface area contributed by atoms with Crippen LogP contribution in [0.15, 0.2) is 18.2 Å². The van der Waals surface area contributed by atoms with Crippen molar-refractivity contribution in [3.8, 4) is 0 Å². The molecule has 156 valence electrons. The highest BCUT2D eigenvalue weighted by Crippen LogP contribution is 2.47. The van der Waals surface area contributed by atoms with Crippen LogP contribution in [-0.2, 0) is 0 Å². The lowest BCUT2D eigenvalue weighted by molar-refractivity contribution is 0.267. The van der Waals surface area contributed by atoms with Crippen molar-refractivity contribution in [1.82, 2.24) is 13.4 Å². The Hall–Kier alpha value is -0.900. The van der Waals surface area contributed by atoms with E-state index >= 15 is 0 Å². The molecule has 0 fully saturated rings. The number of benzene rings is 1. The van der Waals surface area contributed by atoms with E-state index in [1.165, 1.54) is 0 Å². The second-order valence-electron chi connectivity index (χ2n) is 7.93. The molecule has 0 spiro atoms. The van der Waals surface area contributed by atoms with Crippen molar-refractivity contribution in [2.75, 3.05) is 58.9 Å². The molecule has 0 atom stereocenters. The summed E-state index contributed by atoms with van der Waals surface area (Å²) in [7, 11) is 0. The van der Waals surface area contributed by atoms with Gasteiger partial charge in [-0.3, -0.25) is 13.4 Å². The highest BCUT2D eigenvalue weighted by molar-refractivity contribution is 5.81. The van der Waals surface area contributed by atoms with Gasteiger partial charge in [0.05, 0.1) is 58.9 Å². The van der Waals surface area contributed by atoms with E-state index in [2.05, 4.69) is 80.5 Å². The van der Waals surface area contributed by atoms with E-state index in [0.717, 1.165) is 72.4 Å². The number of quaternary nitrogens is 3. The van der Waals surface area contributed by atoms with Gasteiger partial charge in [-0.25, -0.2) is 0 Å². The van der Waals surface area contributed by atoms with Crippen LogP contribution in [0.1, 0.15) is 62.3 Å². The van der Waals surface area contributed by atoms with Crippen molar-refractivity contribution in [3.05, 3.63) is 18.2 Å². The molecule has 1 aromatic carbocycles. The van der Waals surface area contributed by atoms with Gasteiger partial charge in [-0.1, -0.05) is 0 Å². The van der Waals surface area contributed by atoms with E-state index in [0.29, 0.717) is 0 Å². The van der Waals surface area contributed by atoms with E-state index in [9.17, 15) is 0 Å². The Morgan fingerprint density at radius 2 is 0.704 bits per heavy atom. The second-order valence-corrected chi connectivity index (χ2v) is 7.93. The number of hydrogen-bond donors (Lipinski definition) is 0. The second kappa shape index (κ2) is 10.0. The SMILES string of the molecule is CC[N+](CC)(CC)c1cccc([N+](CC)(CC)CC)c1[N+](CC)(CC)CC. The van der Waals surface area contributed by atoms with Crippen LogP contribution in [0.5, 0.6) is 0 Å². The van der Waals surface area contributed by atoms with E-state index in [-0.39, 0.29) is 0 Å². The zero-order valence-electron chi connectivity index (χ0n) is 19.9. The van der Waals surface area contributed by atoms with Crippen LogP contribution < -0.4 is 13.4 Å². The highest BCUT2D eigenvalue weighted by Gasteiger charge is 2.44. The zero-order chi connectivity index (χ0) is 20.7. The van der Waals surface area contributed by atoms with E-state index in [4.69, 9.17) is 0 Å². The van der Waals surface area contributed by atoms with Crippen molar-refractivity contribution >= 4 is 17.1 Å². The fourth-order valence-electron chi connectivity index (χ4n) is 5.28. The summed E-state index contributed by atoms with van der Waals surface area (Å²) < 4.78 is 3.26. The molecule has 0 amide bonds. The number of para-hydroxylation sites is 1. The summed E-state index contributed by atoms with van der Waals surface area (Å²) in [5, 5.41) is 0. The Balaban J connectivity index is 4.06. The monoisotopic (exact) mass is 378 g/mol. The van der Waals surface area contributed by atoms with Crippen LogP contribution in [0.4, 0.5) is 17.1 Å². The van der Waals surface area contributed by atoms with Gasteiger partial charge in [0.25, 0.3) is 5.69 Å². The van der Waals surface area contributed by atoms with Crippen LogP contribution in [0, 0.1) is 0 Å². The maximum Gasteiger partial charge on any atom is 0.255 e. The zero-order valence-corrected chi connectivity index (χ0v) is 19.9. The Morgan fingerprint density at radius 1 is 0.444 bits per heavy atom. The normalized spacial score (nSPS) is 13.2. The molecule has 0 unspecified atom stereocenters. The van der Waals surface area contributed by atoms with Gasteiger partial charge in [0, 0.05) is 12.1 Å². The van der Waals surface area contributed by atoms with Crippen molar-refractivity contribution in [1.29, 1.82) is 0 Å². The Bertz CT molecular complexity index is 504. The van der Waals surface area contributed by atoms with Crippen molar-refractivity contribution in [2.45, 2.75) is 62.3 Å². The van der Waals surface area contributed by atoms with E-state index in [1.54, 1.807) is 17.1 Å². The molecule has 3 nitrogen and oxygen atoms in total. The average molecular weight is 379 g/mol. The van der Waals surface area contributed by atoms with E-state index < -0.39 is 0 Å². The van der Waals surface area contributed by atoms with Gasteiger partial charge in [0.1, 0.15) is 0 Å². The third kappa shape index (κ3) is 3.97. The topological polar surface area (TPSA) is 0 Å². The summed E-state index contributed by atoms with van der Waals surface area (Å²) in [6.45, 7) is 31.7. The average Bonchev–Trinajstić information content (AvgIpc) is 2.74. The summed E-state index contributed by atoms with van der Waals surface area (Å²) in [5.41, 5.74) is 4.77. The van der Waals surface area contributed by atoms with Crippen LogP contribution in [0.3, 0.4) is 0 Å². The first-order chi connectivity index (χ1) is 12.9. The van der Waals surface area contributed by atoms with Crippen molar-refractivity contribution in [2.24, 2.45) is 0 Å². The fourth-order valence-corrected chi connectivity index (χ4v) is 5.28. The fraction of sp³-hybridized carbons (Fsp3) is 0.750. The molecule has 0 saturated carbocycles. The van der Waals surface area contributed by atoms with Crippen LogP contribution in [-0.4, -0.2) is 58.9 Å². The Labute approximate surface area is 170 Å². The lowest BCUT2D eigenvalue weighted by Gasteiger charge is -2.45. The molecule has 0 aromatic heterocycles. The van der Waals surface area contributed by atoms with Gasteiger partial charge in [0.15, 0.2) is 0 Å². The maximum atomic E-state index is 2.44. The molecule has 0 heterocycles. The smallest absolute Gasteiger partial charge is 0.255 e. The number of rotatable bonds is 12. The first-order valence-electron chi connectivity index (χ1n) is 11.6. The standard InChI is InChI=1S/C24H48N3/c1-10-25(11-2,12-3)22-20-19-21-23(26(13-4,14-5)15-6)24(22)27(16-7,17-8)18-9/h19-21H,10-18H2,1-9H3/q+3. The lowest BCUT2D eigenvalue weighted by atomic mass is 10.0. The van der Waals surface area contributed by atoms with Gasteiger partial charge < -0.3 is 0 Å². The molecule has 0 radical (unpaired) electrons. The minimum absolute atomic E-state index is 1.08.